The minimum atomic E-state index is -1.07. The van der Waals surface area contributed by atoms with Crippen LogP contribution >= 0.6 is 39.1 Å². The maximum Gasteiger partial charge on any atom is 0.252 e. The van der Waals surface area contributed by atoms with Crippen molar-refractivity contribution in [3.05, 3.63) is 47.0 Å². The van der Waals surface area contributed by atoms with Crippen molar-refractivity contribution in [2.45, 2.75) is 23.7 Å². The minimum Gasteiger partial charge on any atom is -0.340 e. The topological polar surface area (TPSA) is 46.2 Å². The summed E-state index contributed by atoms with van der Waals surface area (Å²) in [5.74, 6) is -0.643. The lowest BCUT2D eigenvalue weighted by Gasteiger charge is -2.25. The fraction of sp³-hybridized carbons (Fsp3) is 0.250. The van der Waals surface area contributed by atoms with Crippen molar-refractivity contribution in [1.82, 2.24) is 5.32 Å². The Hall–Kier alpha value is -1.10. The van der Waals surface area contributed by atoms with Crippen LogP contribution in [0.1, 0.15) is 24.2 Å². The molecule has 2 aromatic rings. The number of halogens is 3. The van der Waals surface area contributed by atoms with Crippen LogP contribution in [0.25, 0.3) is 10.8 Å². The van der Waals surface area contributed by atoms with Gasteiger partial charge in [0.25, 0.3) is 5.91 Å². The first-order chi connectivity index (χ1) is 10.2. The highest BCUT2D eigenvalue weighted by Gasteiger charge is 2.33. The average Bonchev–Trinajstić information content (AvgIpc) is 2.45. The molecule has 1 atom stereocenters. The Kier molecular flexibility index (Phi) is 5.15. The summed E-state index contributed by atoms with van der Waals surface area (Å²) in [4.78, 5) is 24.3. The first kappa shape index (κ1) is 17.3. The van der Waals surface area contributed by atoms with E-state index in [0.717, 1.165) is 10.8 Å². The molecule has 3 nitrogen and oxygen atoms in total. The number of hydrogen-bond donors (Lipinski definition) is 1. The molecule has 0 bridgehead atoms. The van der Waals surface area contributed by atoms with E-state index in [0.29, 0.717) is 10.6 Å². The summed E-state index contributed by atoms with van der Waals surface area (Å²) in [6.07, 6.45) is 0. The van der Waals surface area contributed by atoms with Crippen LogP contribution in [-0.2, 0) is 4.79 Å². The summed E-state index contributed by atoms with van der Waals surface area (Å²) in [7, 11) is 0. The van der Waals surface area contributed by atoms with E-state index in [1.807, 2.05) is 18.2 Å². The van der Waals surface area contributed by atoms with Gasteiger partial charge in [0, 0.05) is 10.6 Å². The van der Waals surface area contributed by atoms with Crippen LogP contribution in [0.15, 0.2) is 36.4 Å². The Bertz CT molecular complexity index is 744. The van der Waals surface area contributed by atoms with Crippen LogP contribution in [0.5, 0.6) is 0 Å². The SMILES string of the molecule is CC(C)(NC(=O)c1ccc2cc(Cl)ccc2c1)C(=O)C(Cl)Br. The Morgan fingerprint density at radius 1 is 1.14 bits per heavy atom. The van der Waals surface area contributed by atoms with Crippen LogP contribution < -0.4 is 5.32 Å². The predicted octanol–water partition coefficient (Wildman–Crippen LogP) is 4.53. The van der Waals surface area contributed by atoms with Crippen molar-refractivity contribution < 1.29 is 9.59 Å². The number of fused-ring (bicyclic) bond motifs is 1. The van der Waals surface area contributed by atoms with Crippen molar-refractivity contribution in [2.24, 2.45) is 0 Å². The molecule has 0 saturated heterocycles. The number of ketones is 1. The number of Topliss-reactive ketones (excluding diaryl/α,β-unsaturated/α-hetero) is 1. The van der Waals surface area contributed by atoms with E-state index in [1.54, 1.807) is 32.0 Å². The number of nitrogens with one attached hydrogen (secondary N) is 1. The van der Waals surface area contributed by atoms with Crippen molar-refractivity contribution in [2.75, 3.05) is 0 Å². The van der Waals surface area contributed by atoms with Gasteiger partial charge in [-0.1, -0.05) is 39.7 Å². The molecule has 116 valence electrons. The molecule has 0 aliphatic carbocycles. The third-order valence-electron chi connectivity index (χ3n) is 3.30. The third kappa shape index (κ3) is 3.80. The van der Waals surface area contributed by atoms with E-state index in [9.17, 15) is 9.59 Å². The lowest BCUT2D eigenvalue weighted by atomic mass is 9.99. The summed E-state index contributed by atoms with van der Waals surface area (Å²) in [6, 6.07) is 10.7. The zero-order chi connectivity index (χ0) is 16.5. The lowest BCUT2D eigenvalue weighted by molar-refractivity contribution is -0.122. The van der Waals surface area contributed by atoms with Crippen LogP contribution in [0.3, 0.4) is 0 Å². The summed E-state index contributed by atoms with van der Waals surface area (Å²) in [5.41, 5.74) is -0.599. The summed E-state index contributed by atoms with van der Waals surface area (Å²) in [6.45, 7) is 3.23. The molecule has 0 saturated carbocycles. The number of carbonyl (C=O) groups excluding carboxylic acids is 2. The number of amides is 1. The van der Waals surface area contributed by atoms with Gasteiger partial charge in [-0.25, -0.2) is 0 Å². The molecule has 0 radical (unpaired) electrons. The van der Waals surface area contributed by atoms with Crippen LogP contribution in [0.4, 0.5) is 0 Å². The quantitative estimate of drug-likeness (QED) is 0.763. The largest absolute Gasteiger partial charge is 0.340 e. The molecular weight excluding hydrogens is 389 g/mol. The van der Waals surface area contributed by atoms with Crippen molar-refractivity contribution in [3.63, 3.8) is 0 Å². The Labute approximate surface area is 147 Å². The van der Waals surface area contributed by atoms with Crippen molar-refractivity contribution >= 4 is 61.6 Å². The van der Waals surface area contributed by atoms with E-state index in [1.165, 1.54) is 0 Å². The second-order valence-electron chi connectivity index (χ2n) is 5.45. The zero-order valence-corrected chi connectivity index (χ0v) is 15.1. The van der Waals surface area contributed by atoms with E-state index < -0.39 is 9.83 Å². The molecule has 0 aliphatic heterocycles. The van der Waals surface area contributed by atoms with Crippen LogP contribution in [-0.4, -0.2) is 21.5 Å². The van der Waals surface area contributed by atoms with Gasteiger partial charge in [-0.3, -0.25) is 9.59 Å². The van der Waals surface area contributed by atoms with Gasteiger partial charge in [-0.05, 0) is 48.9 Å². The van der Waals surface area contributed by atoms with Gasteiger partial charge in [-0.2, -0.15) is 0 Å². The number of benzene rings is 2. The second-order valence-corrected chi connectivity index (χ2v) is 7.77. The third-order valence-corrected chi connectivity index (χ3v) is 4.15. The van der Waals surface area contributed by atoms with Gasteiger partial charge >= 0.3 is 0 Å². The Balaban J connectivity index is 2.26. The van der Waals surface area contributed by atoms with Crippen LogP contribution in [0.2, 0.25) is 5.02 Å². The molecule has 0 heterocycles. The molecule has 2 rings (SSSR count). The molecule has 22 heavy (non-hydrogen) atoms. The summed E-state index contributed by atoms with van der Waals surface area (Å²) >= 11 is 14.7. The monoisotopic (exact) mass is 401 g/mol. The van der Waals surface area contributed by atoms with E-state index in [4.69, 9.17) is 23.2 Å². The van der Waals surface area contributed by atoms with E-state index >= 15 is 0 Å². The number of alkyl halides is 2. The maximum atomic E-state index is 12.4. The zero-order valence-electron chi connectivity index (χ0n) is 12.0. The maximum absolute atomic E-state index is 12.4. The van der Waals surface area contributed by atoms with Gasteiger partial charge in [0.05, 0.1) is 5.54 Å². The average molecular weight is 403 g/mol. The van der Waals surface area contributed by atoms with E-state index in [2.05, 4.69) is 21.2 Å². The normalized spacial score (nSPS) is 13.0. The Morgan fingerprint density at radius 3 is 2.36 bits per heavy atom. The predicted molar refractivity (Wildman–Crippen MR) is 94.1 cm³/mol. The van der Waals surface area contributed by atoms with Gasteiger partial charge in [0.15, 0.2) is 5.78 Å². The molecule has 1 unspecified atom stereocenters. The van der Waals surface area contributed by atoms with Crippen LogP contribution in [0, 0.1) is 0 Å². The molecule has 1 amide bonds. The highest BCUT2D eigenvalue weighted by atomic mass is 79.9. The van der Waals surface area contributed by atoms with Gasteiger partial charge in [-0.15, -0.1) is 11.6 Å². The lowest BCUT2D eigenvalue weighted by Crippen LogP contribution is -2.51. The fourth-order valence-corrected chi connectivity index (χ4v) is 3.07. The number of rotatable bonds is 4. The molecule has 0 spiro atoms. The fourth-order valence-electron chi connectivity index (χ4n) is 2.05. The highest BCUT2D eigenvalue weighted by molar-refractivity contribution is 9.10. The first-order valence-electron chi connectivity index (χ1n) is 6.55. The van der Waals surface area contributed by atoms with Gasteiger partial charge in [0.2, 0.25) is 0 Å². The molecule has 1 N–H and O–H groups in total. The second kappa shape index (κ2) is 6.57. The highest BCUT2D eigenvalue weighted by Crippen LogP contribution is 2.21. The molecular formula is C16H14BrCl2NO2. The van der Waals surface area contributed by atoms with Crippen molar-refractivity contribution in [3.8, 4) is 0 Å². The Morgan fingerprint density at radius 2 is 1.73 bits per heavy atom. The van der Waals surface area contributed by atoms with Gasteiger partial charge in [0.1, 0.15) is 4.29 Å². The molecule has 2 aromatic carbocycles. The molecule has 0 fully saturated rings. The van der Waals surface area contributed by atoms with Crippen molar-refractivity contribution in [1.29, 1.82) is 0 Å². The number of hydrogen-bond acceptors (Lipinski definition) is 2. The van der Waals surface area contributed by atoms with E-state index in [-0.39, 0.29) is 11.7 Å². The smallest absolute Gasteiger partial charge is 0.252 e. The molecule has 6 heteroatoms. The number of carbonyl (C=O) groups is 2. The molecule has 0 aromatic heterocycles. The summed E-state index contributed by atoms with van der Waals surface area (Å²) < 4.78 is -0.846. The molecule has 0 aliphatic rings. The minimum absolute atomic E-state index is 0.310. The van der Waals surface area contributed by atoms with Gasteiger partial charge < -0.3 is 5.32 Å². The summed E-state index contributed by atoms with van der Waals surface area (Å²) in [5, 5.41) is 5.19. The standard InChI is InChI=1S/C16H14BrCl2NO2/c1-16(2,13(21)14(17)19)20-15(22)11-4-3-10-8-12(18)6-5-9(10)7-11/h3-8,14H,1-2H3,(H,20,22). The first-order valence-corrected chi connectivity index (χ1v) is 8.28.